The molecule has 2 N–H and O–H groups in total. The molecule has 3 rings (SSSR count). The Kier molecular flexibility index (Phi) is 5.88. The number of aryl methyl sites for hydroxylation is 1. The lowest BCUT2D eigenvalue weighted by Gasteiger charge is -2.26. The smallest absolute Gasteiger partial charge is 0.293 e. The molecule has 150 valence electrons. The van der Waals surface area contributed by atoms with Crippen LogP contribution in [0, 0.1) is 17.0 Å². The number of methoxy groups -OCH3 is 1. The summed E-state index contributed by atoms with van der Waals surface area (Å²) in [7, 11) is 1.55. The van der Waals surface area contributed by atoms with Crippen molar-refractivity contribution in [3.05, 3.63) is 45.6 Å². The fourth-order valence-corrected chi connectivity index (χ4v) is 3.43. The van der Waals surface area contributed by atoms with Crippen molar-refractivity contribution in [3.8, 4) is 0 Å². The number of nitrogens with zero attached hydrogens (tertiary/aromatic N) is 3. The molecule has 1 fully saturated rings. The molecule has 1 aliphatic rings. The standard InChI is InChI=1S/C18H23N5O5/c1-12-20-17(22-28-12)18(7-3-4-8-18)21-16(24)13-5-6-14(19-9-10-27-2)15(11-13)23(25)26/h5-6,11,19H,3-4,7-10H2,1-2H3,(H,21,24). The molecule has 1 aliphatic carbocycles. The van der Waals surface area contributed by atoms with Crippen molar-refractivity contribution < 1.29 is 19.0 Å². The molecule has 0 aliphatic heterocycles. The molecular weight excluding hydrogens is 366 g/mol. The predicted octanol–water partition coefficient (Wildman–Crippen LogP) is 2.54. The third kappa shape index (κ3) is 4.11. The molecule has 28 heavy (non-hydrogen) atoms. The highest BCUT2D eigenvalue weighted by molar-refractivity contribution is 5.96. The van der Waals surface area contributed by atoms with Crippen LogP contribution in [0.2, 0.25) is 0 Å². The van der Waals surface area contributed by atoms with E-state index in [-0.39, 0.29) is 11.3 Å². The molecule has 10 heteroatoms. The maximum absolute atomic E-state index is 12.9. The Morgan fingerprint density at radius 2 is 2.14 bits per heavy atom. The lowest BCUT2D eigenvalue weighted by atomic mass is 9.95. The van der Waals surface area contributed by atoms with Crippen LogP contribution in [0.15, 0.2) is 22.7 Å². The molecule has 0 saturated heterocycles. The van der Waals surface area contributed by atoms with Gasteiger partial charge in [0.1, 0.15) is 11.2 Å². The lowest BCUT2D eigenvalue weighted by molar-refractivity contribution is -0.384. The zero-order valence-corrected chi connectivity index (χ0v) is 15.9. The van der Waals surface area contributed by atoms with Crippen molar-refractivity contribution in [2.45, 2.75) is 38.1 Å². The molecule has 0 unspecified atom stereocenters. The van der Waals surface area contributed by atoms with E-state index in [0.29, 0.717) is 43.4 Å². The minimum Gasteiger partial charge on any atom is -0.383 e. The Balaban J connectivity index is 1.83. The first kappa shape index (κ1) is 19.7. The zero-order chi connectivity index (χ0) is 20.1. The number of carbonyl (C=O) groups is 1. The van der Waals surface area contributed by atoms with Gasteiger partial charge in [-0.1, -0.05) is 18.0 Å². The molecule has 0 bridgehead atoms. The molecule has 10 nitrogen and oxygen atoms in total. The van der Waals surface area contributed by atoms with Gasteiger partial charge in [-0.3, -0.25) is 14.9 Å². The normalized spacial score (nSPS) is 15.4. The summed E-state index contributed by atoms with van der Waals surface area (Å²) in [6.45, 7) is 2.52. The average molecular weight is 389 g/mol. The number of hydrogen-bond donors (Lipinski definition) is 2. The van der Waals surface area contributed by atoms with Crippen molar-refractivity contribution in [2.75, 3.05) is 25.6 Å². The Morgan fingerprint density at radius 1 is 1.39 bits per heavy atom. The molecular formula is C18H23N5O5. The van der Waals surface area contributed by atoms with Crippen LogP contribution < -0.4 is 10.6 Å². The maximum atomic E-state index is 12.9. The van der Waals surface area contributed by atoms with Gasteiger partial charge in [0.05, 0.1) is 11.5 Å². The third-order valence-corrected chi connectivity index (χ3v) is 4.84. The van der Waals surface area contributed by atoms with Crippen LogP contribution in [0.25, 0.3) is 0 Å². The summed E-state index contributed by atoms with van der Waals surface area (Å²) in [5, 5.41) is 21.3. The van der Waals surface area contributed by atoms with Crippen molar-refractivity contribution in [1.29, 1.82) is 0 Å². The van der Waals surface area contributed by atoms with Gasteiger partial charge in [0.2, 0.25) is 5.89 Å². The van der Waals surface area contributed by atoms with Crippen LogP contribution in [0.3, 0.4) is 0 Å². The maximum Gasteiger partial charge on any atom is 0.293 e. The average Bonchev–Trinajstić information content (AvgIpc) is 3.32. The van der Waals surface area contributed by atoms with E-state index in [2.05, 4.69) is 20.8 Å². The molecule has 1 amide bonds. The van der Waals surface area contributed by atoms with E-state index in [1.807, 2.05) is 0 Å². The van der Waals surface area contributed by atoms with Crippen molar-refractivity contribution >= 4 is 17.3 Å². The number of benzene rings is 1. The van der Waals surface area contributed by atoms with Gasteiger partial charge in [0.25, 0.3) is 11.6 Å². The van der Waals surface area contributed by atoms with Gasteiger partial charge in [-0.15, -0.1) is 0 Å². The SMILES string of the molecule is COCCNc1ccc(C(=O)NC2(c3noc(C)n3)CCCC2)cc1[N+](=O)[O-]. The molecule has 1 saturated carbocycles. The predicted molar refractivity (Wildman–Crippen MR) is 100 cm³/mol. The molecule has 2 aromatic rings. The van der Waals surface area contributed by atoms with Crippen molar-refractivity contribution in [1.82, 2.24) is 15.5 Å². The van der Waals surface area contributed by atoms with Gasteiger partial charge < -0.3 is 19.9 Å². The van der Waals surface area contributed by atoms with Gasteiger partial charge in [-0.2, -0.15) is 4.98 Å². The fraction of sp³-hybridized carbons (Fsp3) is 0.500. The van der Waals surface area contributed by atoms with E-state index < -0.39 is 16.4 Å². The summed E-state index contributed by atoms with van der Waals surface area (Å²) in [6, 6.07) is 4.36. The third-order valence-electron chi connectivity index (χ3n) is 4.84. The van der Waals surface area contributed by atoms with E-state index in [9.17, 15) is 14.9 Å². The number of carbonyl (C=O) groups excluding carboxylic acids is 1. The van der Waals surface area contributed by atoms with Crippen molar-refractivity contribution in [3.63, 3.8) is 0 Å². The largest absolute Gasteiger partial charge is 0.383 e. The van der Waals surface area contributed by atoms with E-state index in [1.165, 1.54) is 12.1 Å². The number of ether oxygens (including phenoxy) is 1. The van der Waals surface area contributed by atoms with Crippen LogP contribution in [0.1, 0.15) is 47.8 Å². The second-order valence-corrected chi connectivity index (χ2v) is 6.79. The Bertz CT molecular complexity index is 860. The number of rotatable bonds is 8. The van der Waals surface area contributed by atoms with Crippen LogP contribution in [0.5, 0.6) is 0 Å². The number of nitrogens with one attached hydrogen (secondary N) is 2. The quantitative estimate of drug-likeness (QED) is 0.400. The summed E-state index contributed by atoms with van der Waals surface area (Å²) in [5.41, 5.74) is -0.336. The Hall–Kier alpha value is -3.01. The lowest BCUT2D eigenvalue weighted by Crippen LogP contribution is -2.44. The summed E-state index contributed by atoms with van der Waals surface area (Å²) in [6.07, 6.45) is 3.24. The molecule has 1 aromatic carbocycles. The zero-order valence-electron chi connectivity index (χ0n) is 15.9. The summed E-state index contributed by atoms with van der Waals surface area (Å²) in [5.74, 6) is 0.469. The summed E-state index contributed by atoms with van der Waals surface area (Å²) in [4.78, 5) is 28.1. The first-order chi connectivity index (χ1) is 13.4. The Morgan fingerprint density at radius 3 is 2.75 bits per heavy atom. The topological polar surface area (TPSA) is 132 Å². The number of hydrogen-bond acceptors (Lipinski definition) is 8. The molecule has 0 radical (unpaired) electrons. The highest BCUT2D eigenvalue weighted by Crippen LogP contribution is 2.37. The molecule has 1 aromatic heterocycles. The van der Waals surface area contributed by atoms with Gasteiger partial charge in [-0.25, -0.2) is 0 Å². The van der Waals surface area contributed by atoms with Gasteiger partial charge in [-0.05, 0) is 25.0 Å². The molecule has 0 spiro atoms. The molecule has 1 heterocycles. The first-order valence-electron chi connectivity index (χ1n) is 9.10. The van der Waals surface area contributed by atoms with Gasteiger partial charge in [0, 0.05) is 32.2 Å². The summed E-state index contributed by atoms with van der Waals surface area (Å²) < 4.78 is 10.0. The number of anilines is 1. The van der Waals surface area contributed by atoms with Gasteiger partial charge >= 0.3 is 0 Å². The highest BCUT2D eigenvalue weighted by Gasteiger charge is 2.41. The number of nitro benzene ring substituents is 1. The minimum absolute atomic E-state index is 0.167. The molecule has 0 atom stereocenters. The van der Waals surface area contributed by atoms with Crippen LogP contribution in [-0.4, -0.2) is 41.2 Å². The number of aromatic nitrogens is 2. The van der Waals surface area contributed by atoms with Crippen LogP contribution in [0.4, 0.5) is 11.4 Å². The van der Waals surface area contributed by atoms with Crippen molar-refractivity contribution in [2.24, 2.45) is 0 Å². The number of nitro groups is 1. The second kappa shape index (κ2) is 8.34. The van der Waals surface area contributed by atoms with E-state index in [1.54, 1.807) is 20.1 Å². The van der Waals surface area contributed by atoms with E-state index >= 15 is 0 Å². The summed E-state index contributed by atoms with van der Waals surface area (Å²) >= 11 is 0. The van der Waals surface area contributed by atoms with Crippen LogP contribution >= 0.6 is 0 Å². The van der Waals surface area contributed by atoms with Gasteiger partial charge in [0.15, 0.2) is 5.82 Å². The monoisotopic (exact) mass is 389 g/mol. The minimum atomic E-state index is -0.709. The highest BCUT2D eigenvalue weighted by atomic mass is 16.6. The van der Waals surface area contributed by atoms with E-state index in [4.69, 9.17) is 9.26 Å². The second-order valence-electron chi connectivity index (χ2n) is 6.79. The van der Waals surface area contributed by atoms with Crippen LogP contribution in [-0.2, 0) is 10.3 Å². The van der Waals surface area contributed by atoms with E-state index in [0.717, 1.165) is 12.8 Å². The number of amides is 1. The first-order valence-corrected chi connectivity index (χ1v) is 9.10. The fourth-order valence-electron chi connectivity index (χ4n) is 3.43. The Labute approximate surface area is 161 Å².